The van der Waals surface area contributed by atoms with Crippen LogP contribution < -0.4 is 4.74 Å². The standard InChI is InChI=1S/C13H17IO3/c1-8-6-10(7-9(2)11(8)14)16-12(15)17-13(3,4)5/h6-7H,1-5H3. The van der Waals surface area contributed by atoms with Gasteiger partial charge in [0.2, 0.25) is 0 Å². The largest absolute Gasteiger partial charge is 0.514 e. The molecular weight excluding hydrogens is 331 g/mol. The van der Waals surface area contributed by atoms with Crippen LogP contribution in [0.25, 0.3) is 0 Å². The molecule has 1 aromatic carbocycles. The van der Waals surface area contributed by atoms with Crippen LogP contribution in [0.4, 0.5) is 4.79 Å². The molecule has 0 saturated heterocycles. The average Bonchev–Trinajstić information content (AvgIpc) is 2.10. The zero-order valence-electron chi connectivity index (χ0n) is 10.8. The Hall–Kier alpha value is -0.780. The van der Waals surface area contributed by atoms with Gasteiger partial charge in [-0.15, -0.1) is 0 Å². The second kappa shape index (κ2) is 5.25. The fraction of sp³-hybridized carbons (Fsp3) is 0.462. The lowest BCUT2D eigenvalue weighted by atomic mass is 10.1. The lowest BCUT2D eigenvalue weighted by Crippen LogP contribution is -2.26. The van der Waals surface area contributed by atoms with Crippen LogP contribution in [0.5, 0.6) is 5.75 Å². The number of benzene rings is 1. The summed E-state index contributed by atoms with van der Waals surface area (Å²) in [5, 5.41) is 0. The normalized spacial score (nSPS) is 11.2. The van der Waals surface area contributed by atoms with E-state index < -0.39 is 11.8 Å². The van der Waals surface area contributed by atoms with E-state index in [0.717, 1.165) is 11.1 Å². The summed E-state index contributed by atoms with van der Waals surface area (Å²) in [6.45, 7) is 9.38. The smallest absolute Gasteiger partial charge is 0.428 e. The predicted octanol–water partition coefficient (Wildman–Crippen LogP) is 4.22. The van der Waals surface area contributed by atoms with Crippen molar-refractivity contribution in [3.05, 3.63) is 26.8 Å². The quantitative estimate of drug-likeness (QED) is 0.433. The Labute approximate surface area is 116 Å². The van der Waals surface area contributed by atoms with E-state index in [9.17, 15) is 4.79 Å². The molecule has 1 rings (SSSR count). The summed E-state index contributed by atoms with van der Waals surface area (Å²) in [6.07, 6.45) is -0.669. The van der Waals surface area contributed by atoms with E-state index in [1.54, 1.807) is 20.8 Å². The lowest BCUT2D eigenvalue weighted by molar-refractivity contribution is 0.0206. The minimum atomic E-state index is -0.669. The molecule has 0 saturated carbocycles. The minimum Gasteiger partial charge on any atom is -0.428 e. The molecule has 0 spiro atoms. The molecule has 0 N–H and O–H groups in total. The van der Waals surface area contributed by atoms with Crippen LogP contribution in [0.2, 0.25) is 0 Å². The maximum absolute atomic E-state index is 11.5. The van der Waals surface area contributed by atoms with Gasteiger partial charge in [0.1, 0.15) is 11.4 Å². The average molecular weight is 348 g/mol. The van der Waals surface area contributed by atoms with Crippen LogP contribution in [0.15, 0.2) is 12.1 Å². The summed E-state index contributed by atoms with van der Waals surface area (Å²) < 4.78 is 11.4. The molecule has 0 heterocycles. The van der Waals surface area contributed by atoms with Gasteiger partial charge in [-0.3, -0.25) is 0 Å². The van der Waals surface area contributed by atoms with Gasteiger partial charge in [0.25, 0.3) is 0 Å². The number of ether oxygens (including phenoxy) is 2. The first kappa shape index (κ1) is 14.3. The van der Waals surface area contributed by atoms with E-state index >= 15 is 0 Å². The molecule has 0 aliphatic rings. The molecule has 0 aliphatic heterocycles. The first-order valence-electron chi connectivity index (χ1n) is 5.36. The molecule has 0 aromatic heterocycles. The van der Waals surface area contributed by atoms with Crippen LogP contribution in [-0.2, 0) is 4.74 Å². The number of hydrogen-bond donors (Lipinski definition) is 0. The fourth-order valence-corrected chi connectivity index (χ4v) is 1.64. The van der Waals surface area contributed by atoms with Crippen molar-refractivity contribution in [2.45, 2.75) is 40.2 Å². The third kappa shape index (κ3) is 4.53. The van der Waals surface area contributed by atoms with E-state index in [0.29, 0.717) is 5.75 Å². The Morgan fingerprint density at radius 1 is 1.18 bits per heavy atom. The summed E-state index contributed by atoms with van der Waals surface area (Å²) in [5.41, 5.74) is 1.64. The van der Waals surface area contributed by atoms with Crippen molar-refractivity contribution < 1.29 is 14.3 Å². The number of halogens is 1. The van der Waals surface area contributed by atoms with Gasteiger partial charge >= 0.3 is 6.16 Å². The molecule has 0 unspecified atom stereocenters. The van der Waals surface area contributed by atoms with Crippen LogP contribution in [0.1, 0.15) is 31.9 Å². The van der Waals surface area contributed by atoms with Crippen molar-refractivity contribution >= 4 is 28.7 Å². The first-order valence-corrected chi connectivity index (χ1v) is 6.44. The Bertz CT molecular complexity index is 410. The van der Waals surface area contributed by atoms with Gasteiger partial charge < -0.3 is 9.47 Å². The monoisotopic (exact) mass is 348 g/mol. The third-order valence-corrected chi connectivity index (χ3v) is 3.70. The number of hydrogen-bond acceptors (Lipinski definition) is 3. The second-order valence-electron chi connectivity index (χ2n) is 4.94. The van der Waals surface area contributed by atoms with Crippen LogP contribution in [0, 0.1) is 17.4 Å². The van der Waals surface area contributed by atoms with Crippen molar-refractivity contribution in [2.75, 3.05) is 0 Å². The topological polar surface area (TPSA) is 35.5 Å². The van der Waals surface area contributed by atoms with E-state index in [1.807, 2.05) is 26.0 Å². The molecule has 0 aliphatic carbocycles. The first-order chi connectivity index (χ1) is 7.69. The SMILES string of the molecule is Cc1cc(OC(=O)OC(C)(C)C)cc(C)c1I. The predicted molar refractivity (Wildman–Crippen MR) is 75.5 cm³/mol. The Morgan fingerprint density at radius 2 is 1.65 bits per heavy atom. The molecule has 4 heteroatoms. The molecule has 0 atom stereocenters. The number of rotatable bonds is 1. The van der Waals surface area contributed by atoms with Gasteiger partial charge in [0.05, 0.1) is 0 Å². The van der Waals surface area contributed by atoms with Gasteiger partial charge in [-0.2, -0.15) is 0 Å². The van der Waals surface area contributed by atoms with E-state index in [1.165, 1.54) is 3.57 Å². The van der Waals surface area contributed by atoms with Crippen LogP contribution in [-0.4, -0.2) is 11.8 Å². The summed E-state index contributed by atoms with van der Waals surface area (Å²) in [5.74, 6) is 0.523. The van der Waals surface area contributed by atoms with Gasteiger partial charge in [-0.05, 0) is 80.5 Å². The molecule has 0 radical (unpaired) electrons. The number of aryl methyl sites for hydroxylation is 2. The molecule has 0 bridgehead atoms. The highest BCUT2D eigenvalue weighted by Gasteiger charge is 2.18. The summed E-state index contributed by atoms with van der Waals surface area (Å²) in [7, 11) is 0. The molecule has 17 heavy (non-hydrogen) atoms. The highest BCUT2D eigenvalue weighted by Crippen LogP contribution is 2.23. The number of carbonyl (C=O) groups is 1. The maximum Gasteiger partial charge on any atom is 0.514 e. The zero-order chi connectivity index (χ0) is 13.2. The summed E-state index contributed by atoms with van der Waals surface area (Å²) in [6, 6.07) is 3.66. The highest BCUT2D eigenvalue weighted by molar-refractivity contribution is 14.1. The van der Waals surface area contributed by atoms with Crippen molar-refractivity contribution in [1.29, 1.82) is 0 Å². The molecule has 1 aromatic rings. The molecule has 0 amide bonds. The Kier molecular flexibility index (Phi) is 4.41. The Morgan fingerprint density at radius 3 is 2.06 bits per heavy atom. The van der Waals surface area contributed by atoms with Crippen LogP contribution in [0.3, 0.4) is 0 Å². The fourth-order valence-electron chi connectivity index (χ4n) is 1.33. The Balaban J connectivity index is 2.79. The molecule has 94 valence electrons. The van der Waals surface area contributed by atoms with Crippen molar-refractivity contribution in [3.8, 4) is 5.75 Å². The highest BCUT2D eigenvalue weighted by atomic mass is 127. The summed E-state index contributed by atoms with van der Waals surface area (Å²) in [4.78, 5) is 11.5. The van der Waals surface area contributed by atoms with Crippen molar-refractivity contribution in [3.63, 3.8) is 0 Å². The third-order valence-electron chi connectivity index (χ3n) is 2.00. The van der Waals surface area contributed by atoms with E-state index in [4.69, 9.17) is 9.47 Å². The lowest BCUT2D eigenvalue weighted by Gasteiger charge is -2.19. The number of carbonyl (C=O) groups excluding carboxylic acids is 1. The van der Waals surface area contributed by atoms with Crippen LogP contribution >= 0.6 is 22.6 Å². The molecular formula is C13H17IO3. The maximum atomic E-state index is 11.5. The van der Waals surface area contributed by atoms with E-state index in [2.05, 4.69) is 22.6 Å². The van der Waals surface area contributed by atoms with Crippen molar-refractivity contribution in [1.82, 2.24) is 0 Å². The van der Waals surface area contributed by atoms with Gasteiger partial charge in [-0.25, -0.2) is 4.79 Å². The summed E-state index contributed by atoms with van der Waals surface area (Å²) >= 11 is 2.27. The van der Waals surface area contributed by atoms with Gasteiger partial charge in [-0.1, -0.05) is 0 Å². The zero-order valence-corrected chi connectivity index (χ0v) is 12.9. The van der Waals surface area contributed by atoms with E-state index in [-0.39, 0.29) is 0 Å². The molecule has 0 fully saturated rings. The van der Waals surface area contributed by atoms with Gasteiger partial charge in [0.15, 0.2) is 0 Å². The minimum absolute atomic E-state index is 0.523. The van der Waals surface area contributed by atoms with Crippen molar-refractivity contribution in [2.24, 2.45) is 0 Å². The second-order valence-corrected chi connectivity index (χ2v) is 6.02. The molecule has 3 nitrogen and oxygen atoms in total. The van der Waals surface area contributed by atoms with Gasteiger partial charge in [0, 0.05) is 3.57 Å².